The maximum Gasteiger partial charge on any atom is 0.123 e. The Balaban J connectivity index is 2.49. The van der Waals surface area contributed by atoms with E-state index in [2.05, 4.69) is 0 Å². The van der Waals surface area contributed by atoms with Crippen molar-refractivity contribution in [3.8, 4) is 0 Å². The van der Waals surface area contributed by atoms with Crippen LogP contribution < -0.4 is 5.73 Å². The first kappa shape index (κ1) is 14.7. The lowest BCUT2D eigenvalue weighted by molar-refractivity contribution is 0.459. The number of hydrogen-bond donors (Lipinski definition) is 1. The molecule has 0 saturated heterocycles. The van der Waals surface area contributed by atoms with Crippen molar-refractivity contribution < 1.29 is 8.78 Å². The normalized spacial score (nSPS) is 12.7. The maximum atomic E-state index is 13.5. The average Bonchev–Trinajstić information content (AvgIpc) is 2.44. The molecule has 0 bridgehead atoms. The molecule has 3 heteroatoms. The highest BCUT2D eigenvalue weighted by molar-refractivity contribution is 5.34. The van der Waals surface area contributed by atoms with Gasteiger partial charge in [-0.1, -0.05) is 37.6 Å². The Morgan fingerprint density at radius 1 is 0.950 bits per heavy atom. The van der Waals surface area contributed by atoms with Crippen molar-refractivity contribution in [2.75, 3.05) is 6.54 Å². The average molecular weight is 275 g/mol. The van der Waals surface area contributed by atoms with Crippen molar-refractivity contribution in [1.82, 2.24) is 0 Å². The van der Waals surface area contributed by atoms with Crippen LogP contribution in [-0.4, -0.2) is 6.54 Å². The Bertz CT molecular complexity index is 519. The summed E-state index contributed by atoms with van der Waals surface area (Å²) in [5.41, 5.74) is 7.53. The lowest BCUT2D eigenvalue weighted by Crippen LogP contribution is -2.22. The Morgan fingerprint density at radius 2 is 1.45 bits per heavy atom. The summed E-state index contributed by atoms with van der Waals surface area (Å²) in [7, 11) is 0. The van der Waals surface area contributed by atoms with Gasteiger partial charge >= 0.3 is 0 Å². The van der Waals surface area contributed by atoms with Crippen LogP contribution in [0.1, 0.15) is 30.4 Å². The van der Waals surface area contributed by atoms with Crippen molar-refractivity contribution in [1.29, 1.82) is 0 Å². The van der Waals surface area contributed by atoms with Gasteiger partial charge in [-0.05, 0) is 47.9 Å². The number of nitrogens with two attached hydrogens (primary N) is 1. The second kappa shape index (κ2) is 6.62. The van der Waals surface area contributed by atoms with Crippen molar-refractivity contribution >= 4 is 0 Å². The van der Waals surface area contributed by atoms with Gasteiger partial charge in [-0.2, -0.15) is 0 Å². The fourth-order valence-corrected chi connectivity index (χ4v) is 2.68. The van der Waals surface area contributed by atoms with E-state index in [1.165, 1.54) is 24.3 Å². The maximum absolute atomic E-state index is 13.5. The molecule has 0 aromatic heterocycles. The molecule has 1 unspecified atom stereocenters. The van der Waals surface area contributed by atoms with Crippen LogP contribution >= 0.6 is 0 Å². The summed E-state index contributed by atoms with van der Waals surface area (Å²) in [6.45, 7) is 2.53. The molecular weight excluding hydrogens is 256 g/mol. The monoisotopic (exact) mass is 275 g/mol. The van der Waals surface area contributed by atoms with Gasteiger partial charge in [-0.15, -0.1) is 0 Å². The lowest BCUT2D eigenvalue weighted by atomic mass is 9.79. The van der Waals surface area contributed by atoms with E-state index in [0.29, 0.717) is 6.54 Å². The van der Waals surface area contributed by atoms with Crippen LogP contribution in [0.2, 0.25) is 0 Å². The van der Waals surface area contributed by atoms with Crippen LogP contribution in [0.15, 0.2) is 48.5 Å². The number of benzene rings is 2. The third-order valence-corrected chi connectivity index (χ3v) is 3.71. The first-order valence-corrected chi connectivity index (χ1v) is 6.86. The van der Waals surface area contributed by atoms with Crippen LogP contribution in [0.25, 0.3) is 0 Å². The van der Waals surface area contributed by atoms with Crippen LogP contribution in [-0.2, 0) is 0 Å². The highest BCUT2D eigenvalue weighted by Gasteiger charge is 2.23. The topological polar surface area (TPSA) is 26.0 Å². The van der Waals surface area contributed by atoms with Gasteiger partial charge in [0.25, 0.3) is 0 Å². The Hall–Kier alpha value is -1.74. The van der Waals surface area contributed by atoms with Crippen molar-refractivity contribution in [2.45, 2.75) is 19.3 Å². The van der Waals surface area contributed by atoms with E-state index in [1.807, 2.05) is 19.1 Å². The summed E-state index contributed by atoms with van der Waals surface area (Å²) in [4.78, 5) is 0. The highest BCUT2D eigenvalue weighted by Crippen LogP contribution is 2.34. The zero-order valence-electron chi connectivity index (χ0n) is 11.5. The smallest absolute Gasteiger partial charge is 0.123 e. The van der Waals surface area contributed by atoms with Crippen molar-refractivity contribution in [3.05, 3.63) is 71.3 Å². The van der Waals surface area contributed by atoms with Crippen LogP contribution in [0, 0.1) is 17.6 Å². The van der Waals surface area contributed by atoms with Crippen LogP contribution in [0.3, 0.4) is 0 Å². The van der Waals surface area contributed by atoms with E-state index in [9.17, 15) is 8.78 Å². The summed E-state index contributed by atoms with van der Waals surface area (Å²) in [5.74, 6) is -0.499. The molecule has 0 heterocycles. The number of rotatable bonds is 5. The van der Waals surface area contributed by atoms with Crippen LogP contribution in [0.4, 0.5) is 8.78 Å². The van der Waals surface area contributed by atoms with Gasteiger partial charge < -0.3 is 5.73 Å². The molecule has 2 N–H and O–H groups in total. The van der Waals surface area contributed by atoms with E-state index in [-0.39, 0.29) is 23.5 Å². The molecule has 0 aliphatic carbocycles. The summed E-state index contributed by atoms with van der Waals surface area (Å²) in [6, 6.07) is 12.9. The van der Waals surface area contributed by atoms with Gasteiger partial charge in [-0.25, -0.2) is 8.78 Å². The van der Waals surface area contributed by atoms with Crippen molar-refractivity contribution in [2.24, 2.45) is 11.7 Å². The first-order valence-electron chi connectivity index (χ1n) is 6.86. The second-order valence-electron chi connectivity index (χ2n) is 4.99. The molecule has 0 fully saturated rings. The molecule has 2 aromatic rings. The quantitative estimate of drug-likeness (QED) is 0.874. The Kier molecular flexibility index (Phi) is 4.85. The molecule has 0 aliphatic rings. The van der Waals surface area contributed by atoms with Gasteiger partial charge in [0.15, 0.2) is 0 Å². The van der Waals surface area contributed by atoms with E-state index in [1.54, 1.807) is 12.1 Å². The molecule has 1 nitrogen and oxygen atoms in total. The minimum Gasteiger partial charge on any atom is -0.330 e. The molecular formula is C17H19F2N. The Labute approximate surface area is 118 Å². The molecule has 1 atom stereocenters. The van der Waals surface area contributed by atoms with Gasteiger partial charge in [0, 0.05) is 5.92 Å². The largest absolute Gasteiger partial charge is 0.330 e. The second-order valence-corrected chi connectivity index (χ2v) is 4.99. The fraction of sp³-hybridized carbons (Fsp3) is 0.294. The van der Waals surface area contributed by atoms with E-state index < -0.39 is 0 Å². The standard InChI is InChI=1S/C17H19F2N/c1-2-12(11-20)17(13-5-3-7-15(18)9-13)14-6-4-8-16(19)10-14/h3-10,12,17H,2,11,20H2,1H3. The Morgan fingerprint density at radius 3 is 1.80 bits per heavy atom. The third kappa shape index (κ3) is 3.23. The summed E-state index contributed by atoms with van der Waals surface area (Å²) in [6.07, 6.45) is 0.855. The predicted octanol–water partition coefficient (Wildman–Crippen LogP) is 4.08. The number of hydrogen-bond acceptors (Lipinski definition) is 1. The van der Waals surface area contributed by atoms with Crippen molar-refractivity contribution in [3.63, 3.8) is 0 Å². The van der Waals surface area contributed by atoms with Gasteiger partial charge in [0.1, 0.15) is 11.6 Å². The molecule has 0 aliphatic heterocycles. The summed E-state index contributed by atoms with van der Waals surface area (Å²) < 4.78 is 27.0. The van der Waals surface area contributed by atoms with E-state index in [0.717, 1.165) is 17.5 Å². The van der Waals surface area contributed by atoms with E-state index in [4.69, 9.17) is 5.73 Å². The summed E-state index contributed by atoms with van der Waals surface area (Å²) >= 11 is 0. The molecule has 2 rings (SSSR count). The third-order valence-electron chi connectivity index (χ3n) is 3.71. The first-order chi connectivity index (χ1) is 9.65. The summed E-state index contributed by atoms with van der Waals surface area (Å²) in [5, 5.41) is 0. The highest BCUT2D eigenvalue weighted by atomic mass is 19.1. The van der Waals surface area contributed by atoms with Gasteiger partial charge in [0.05, 0.1) is 0 Å². The molecule has 0 saturated carbocycles. The lowest BCUT2D eigenvalue weighted by Gasteiger charge is -2.26. The molecule has 0 amide bonds. The molecule has 2 aromatic carbocycles. The molecule has 20 heavy (non-hydrogen) atoms. The zero-order valence-corrected chi connectivity index (χ0v) is 11.5. The minimum absolute atomic E-state index is 0.0867. The van der Waals surface area contributed by atoms with Gasteiger partial charge in [0.2, 0.25) is 0 Å². The zero-order chi connectivity index (χ0) is 14.5. The van der Waals surface area contributed by atoms with E-state index >= 15 is 0 Å². The van der Waals surface area contributed by atoms with Gasteiger partial charge in [-0.3, -0.25) is 0 Å². The SMILES string of the molecule is CCC(CN)C(c1cccc(F)c1)c1cccc(F)c1. The molecule has 106 valence electrons. The fourth-order valence-electron chi connectivity index (χ4n) is 2.68. The minimum atomic E-state index is -0.282. The predicted molar refractivity (Wildman–Crippen MR) is 77.5 cm³/mol. The molecule has 0 spiro atoms. The molecule has 0 radical (unpaired) electrons. The number of halogens is 2. The van der Waals surface area contributed by atoms with Crippen LogP contribution in [0.5, 0.6) is 0 Å².